The van der Waals surface area contributed by atoms with E-state index in [-0.39, 0.29) is 19.1 Å². The smallest absolute Gasteiger partial charge is 0.276 e. The summed E-state index contributed by atoms with van der Waals surface area (Å²) in [5.74, 6) is 0.506. The quantitative estimate of drug-likeness (QED) is 0.470. The lowest BCUT2D eigenvalue weighted by atomic mass is 10.0. The Labute approximate surface area is 193 Å². The van der Waals surface area contributed by atoms with Crippen LogP contribution in [0.25, 0.3) is 0 Å². The molecular weight excluding hydrogens is 516 g/mol. The molecule has 0 bridgehead atoms. The zero-order valence-electron chi connectivity index (χ0n) is 17.5. The fraction of sp³-hybridized carbons (Fsp3) is 0.364. The van der Waals surface area contributed by atoms with Gasteiger partial charge in [0.25, 0.3) is 11.8 Å². The number of hydrogen-bond acceptors (Lipinski definition) is 4. The van der Waals surface area contributed by atoms with Gasteiger partial charge in [-0.2, -0.15) is 0 Å². The van der Waals surface area contributed by atoms with Gasteiger partial charge in [0.2, 0.25) is 0 Å². The van der Waals surface area contributed by atoms with Crippen LogP contribution in [0.2, 0.25) is 0 Å². The molecule has 2 aromatic rings. The maximum atomic E-state index is 12.0. The van der Waals surface area contributed by atoms with E-state index in [9.17, 15) is 9.59 Å². The Kier molecular flexibility index (Phi) is 9.17. The molecule has 6 nitrogen and oxygen atoms in total. The number of benzene rings is 2. The SMILES string of the molecule is CCc1ccc(OCC(=O)NNC(=O)COc2cc(C)c(Br)cc2C(C)C)c(Br)c1. The summed E-state index contributed by atoms with van der Waals surface area (Å²) in [6, 6.07) is 9.57. The first kappa shape index (κ1) is 24.2. The second-order valence-corrected chi connectivity index (χ2v) is 8.79. The zero-order chi connectivity index (χ0) is 22.3. The Bertz CT molecular complexity index is 916. The van der Waals surface area contributed by atoms with E-state index in [0.717, 1.165) is 32.1 Å². The third kappa shape index (κ3) is 7.02. The fourth-order valence-corrected chi connectivity index (χ4v) is 3.53. The third-order valence-electron chi connectivity index (χ3n) is 4.38. The monoisotopic (exact) mass is 540 g/mol. The van der Waals surface area contributed by atoms with Crippen LogP contribution in [0.3, 0.4) is 0 Å². The van der Waals surface area contributed by atoms with Crippen LogP contribution in [0.5, 0.6) is 11.5 Å². The van der Waals surface area contributed by atoms with Crippen molar-refractivity contribution in [1.29, 1.82) is 0 Å². The normalized spacial score (nSPS) is 10.6. The van der Waals surface area contributed by atoms with Gasteiger partial charge in [-0.05, 0) is 76.1 Å². The molecule has 2 rings (SSSR count). The molecule has 8 heteroatoms. The summed E-state index contributed by atoms with van der Waals surface area (Å²) in [7, 11) is 0. The zero-order valence-corrected chi connectivity index (χ0v) is 20.6. The maximum Gasteiger partial charge on any atom is 0.276 e. The summed E-state index contributed by atoms with van der Waals surface area (Å²) < 4.78 is 12.9. The lowest BCUT2D eigenvalue weighted by molar-refractivity contribution is -0.131. The van der Waals surface area contributed by atoms with Crippen molar-refractivity contribution in [2.75, 3.05) is 13.2 Å². The largest absolute Gasteiger partial charge is 0.483 e. The summed E-state index contributed by atoms with van der Waals surface area (Å²) in [5.41, 5.74) is 7.82. The molecule has 0 aromatic heterocycles. The van der Waals surface area contributed by atoms with Gasteiger partial charge in [-0.3, -0.25) is 20.4 Å². The molecule has 0 radical (unpaired) electrons. The van der Waals surface area contributed by atoms with Crippen LogP contribution in [0.1, 0.15) is 43.4 Å². The van der Waals surface area contributed by atoms with Crippen LogP contribution in [0.15, 0.2) is 39.3 Å². The Balaban J connectivity index is 1.81. The second-order valence-electron chi connectivity index (χ2n) is 7.09. The molecule has 0 saturated carbocycles. The molecule has 0 fully saturated rings. The average molecular weight is 542 g/mol. The van der Waals surface area contributed by atoms with Crippen molar-refractivity contribution in [1.82, 2.24) is 10.9 Å². The topological polar surface area (TPSA) is 76.7 Å². The van der Waals surface area contributed by atoms with Gasteiger partial charge < -0.3 is 9.47 Å². The molecule has 0 atom stereocenters. The first-order valence-corrected chi connectivity index (χ1v) is 11.2. The van der Waals surface area contributed by atoms with Crippen LogP contribution < -0.4 is 20.3 Å². The van der Waals surface area contributed by atoms with E-state index in [2.05, 4.69) is 63.5 Å². The molecular formula is C22H26Br2N2O4. The molecule has 30 heavy (non-hydrogen) atoms. The number of nitrogens with one attached hydrogen (secondary N) is 2. The van der Waals surface area contributed by atoms with Crippen molar-refractivity contribution in [3.05, 3.63) is 56.0 Å². The van der Waals surface area contributed by atoms with Crippen LogP contribution in [-0.4, -0.2) is 25.0 Å². The van der Waals surface area contributed by atoms with Crippen molar-refractivity contribution in [2.24, 2.45) is 0 Å². The van der Waals surface area contributed by atoms with Crippen molar-refractivity contribution in [3.63, 3.8) is 0 Å². The summed E-state index contributed by atoms with van der Waals surface area (Å²) >= 11 is 6.94. The highest BCUT2D eigenvalue weighted by atomic mass is 79.9. The van der Waals surface area contributed by atoms with Gasteiger partial charge in [0, 0.05) is 4.47 Å². The fourth-order valence-electron chi connectivity index (χ4n) is 2.63. The highest BCUT2D eigenvalue weighted by Crippen LogP contribution is 2.32. The van der Waals surface area contributed by atoms with E-state index >= 15 is 0 Å². The molecule has 0 aliphatic rings. The van der Waals surface area contributed by atoms with E-state index < -0.39 is 11.8 Å². The highest BCUT2D eigenvalue weighted by Gasteiger charge is 2.13. The molecule has 0 aliphatic heterocycles. The van der Waals surface area contributed by atoms with E-state index in [1.165, 1.54) is 0 Å². The van der Waals surface area contributed by atoms with Gasteiger partial charge in [0.1, 0.15) is 11.5 Å². The Morgan fingerprint density at radius 1 is 0.933 bits per heavy atom. The lowest BCUT2D eigenvalue weighted by Gasteiger charge is -2.16. The lowest BCUT2D eigenvalue weighted by Crippen LogP contribution is -2.45. The number of rotatable bonds is 8. The van der Waals surface area contributed by atoms with Crippen LogP contribution >= 0.6 is 31.9 Å². The number of halogens is 2. The number of hydrogen-bond donors (Lipinski definition) is 2. The van der Waals surface area contributed by atoms with Gasteiger partial charge in [0.15, 0.2) is 13.2 Å². The van der Waals surface area contributed by atoms with Crippen molar-refractivity contribution in [2.45, 2.75) is 40.0 Å². The number of amides is 2. The number of ether oxygens (including phenoxy) is 2. The van der Waals surface area contributed by atoms with Gasteiger partial charge in [-0.25, -0.2) is 0 Å². The maximum absolute atomic E-state index is 12.0. The molecule has 0 unspecified atom stereocenters. The van der Waals surface area contributed by atoms with Crippen molar-refractivity contribution in [3.8, 4) is 11.5 Å². The van der Waals surface area contributed by atoms with Crippen molar-refractivity contribution >= 4 is 43.7 Å². The second kappa shape index (κ2) is 11.4. The highest BCUT2D eigenvalue weighted by molar-refractivity contribution is 9.10. The summed E-state index contributed by atoms with van der Waals surface area (Å²) in [5, 5.41) is 0. The standard InChI is InChI=1S/C22H26Br2N2O4/c1-5-15-6-7-19(18(24)9-15)29-11-21(27)25-26-22(28)12-30-20-8-14(4)17(23)10-16(20)13(2)3/h6-10,13H,5,11-12H2,1-4H3,(H,25,27)(H,26,28). The number of carbonyl (C=O) groups is 2. The predicted molar refractivity (Wildman–Crippen MR) is 124 cm³/mol. The first-order chi connectivity index (χ1) is 14.2. The van der Waals surface area contributed by atoms with E-state index in [1.54, 1.807) is 6.07 Å². The minimum atomic E-state index is -0.475. The molecule has 2 N–H and O–H groups in total. The Morgan fingerprint density at radius 3 is 2.07 bits per heavy atom. The molecule has 0 saturated heterocycles. The molecule has 0 spiro atoms. The van der Waals surface area contributed by atoms with Crippen LogP contribution in [-0.2, 0) is 16.0 Å². The van der Waals surface area contributed by atoms with Gasteiger partial charge in [-0.1, -0.05) is 42.8 Å². The average Bonchev–Trinajstić information content (AvgIpc) is 2.71. The molecule has 2 aromatic carbocycles. The first-order valence-electron chi connectivity index (χ1n) is 9.63. The molecule has 0 heterocycles. The Hall–Kier alpha value is -2.06. The molecule has 2 amide bonds. The Morgan fingerprint density at radius 2 is 1.53 bits per heavy atom. The molecule has 0 aliphatic carbocycles. The van der Waals surface area contributed by atoms with Crippen LogP contribution in [0.4, 0.5) is 0 Å². The number of aryl methyl sites for hydroxylation is 2. The summed E-state index contributed by atoms with van der Waals surface area (Å²) in [4.78, 5) is 24.0. The van der Waals surface area contributed by atoms with Crippen LogP contribution in [0, 0.1) is 6.92 Å². The van der Waals surface area contributed by atoms with E-state index in [1.807, 2.05) is 31.2 Å². The third-order valence-corrected chi connectivity index (χ3v) is 5.85. The molecule has 162 valence electrons. The predicted octanol–water partition coefficient (Wildman–Crippen LogP) is 4.81. The number of carbonyl (C=O) groups excluding carboxylic acids is 2. The van der Waals surface area contributed by atoms with E-state index in [4.69, 9.17) is 9.47 Å². The summed E-state index contributed by atoms with van der Waals surface area (Å²) in [6.07, 6.45) is 0.909. The van der Waals surface area contributed by atoms with Gasteiger partial charge >= 0.3 is 0 Å². The van der Waals surface area contributed by atoms with Gasteiger partial charge in [-0.15, -0.1) is 0 Å². The van der Waals surface area contributed by atoms with E-state index in [0.29, 0.717) is 11.5 Å². The van der Waals surface area contributed by atoms with Gasteiger partial charge in [0.05, 0.1) is 4.47 Å². The van der Waals surface area contributed by atoms with Crippen molar-refractivity contribution < 1.29 is 19.1 Å². The summed E-state index contributed by atoms with van der Waals surface area (Å²) in [6.45, 7) is 7.68. The number of hydrazine groups is 1. The minimum Gasteiger partial charge on any atom is -0.483 e. The minimum absolute atomic E-state index is 0.216.